The molecule has 7 heteroatoms. The third-order valence-electron chi connectivity index (χ3n) is 4.06. The van der Waals surface area contributed by atoms with E-state index in [1.165, 1.54) is 25.7 Å². The Morgan fingerprint density at radius 3 is 2.78 bits per heavy atom. The third kappa shape index (κ3) is 6.19. The van der Waals surface area contributed by atoms with Gasteiger partial charge in [0, 0.05) is 25.7 Å². The highest BCUT2D eigenvalue weighted by Gasteiger charge is 2.15. The van der Waals surface area contributed by atoms with Crippen LogP contribution in [0.3, 0.4) is 0 Å². The fraction of sp³-hybridized carbons (Fsp3) is 0.750. The molecule has 0 spiro atoms. The summed E-state index contributed by atoms with van der Waals surface area (Å²) in [5, 5.41) is 19.8. The first-order valence-electron chi connectivity index (χ1n) is 8.66. The molecule has 1 aromatic heterocycles. The van der Waals surface area contributed by atoms with E-state index in [-0.39, 0.29) is 12.6 Å². The normalized spacial score (nSPS) is 17.5. The number of carbonyl (C=O) groups excluding carboxylic acids is 1. The molecular formula is C16H29N5O2. The van der Waals surface area contributed by atoms with Gasteiger partial charge in [0.2, 0.25) is 0 Å². The van der Waals surface area contributed by atoms with Crippen LogP contribution < -0.4 is 10.6 Å². The van der Waals surface area contributed by atoms with Crippen LogP contribution in [0.5, 0.6) is 0 Å². The van der Waals surface area contributed by atoms with Crippen molar-refractivity contribution in [1.82, 2.24) is 20.0 Å². The molecule has 130 valence electrons. The largest absolute Gasteiger partial charge is 0.390 e. The molecule has 1 aliphatic rings. The highest BCUT2D eigenvalue weighted by molar-refractivity contribution is 5.88. The van der Waals surface area contributed by atoms with Crippen LogP contribution in [0.15, 0.2) is 12.3 Å². The minimum absolute atomic E-state index is 0.254. The quantitative estimate of drug-likeness (QED) is 0.712. The highest BCUT2D eigenvalue weighted by atomic mass is 16.3. The SMILES string of the molecule is CCCn1nccc1NC(=O)NCC(O)CN1CCCCCC1. The van der Waals surface area contributed by atoms with Crippen LogP contribution in [-0.4, -0.2) is 58.1 Å². The van der Waals surface area contributed by atoms with E-state index in [2.05, 4.69) is 27.6 Å². The molecule has 0 aromatic carbocycles. The van der Waals surface area contributed by atoms with E-state index >= 15 is 0 Å². The number of likely N-dealkylation sites (tertiary alicyclic amines) is 1. The number of anilines is 1. The lowest BCUT2D eigenvalue weighted by Crippen LogP contribution is -2.42. The molecule has 2 heterocycles. The first kappa shape index (κ1) is 17.7. The minimum Gasteiger partial charge on any atom is -0.390 e. The predicted molar refractivity (Wildman–Crippen MR) is 90.5 cm³/mol. The topological polar surface area (TPSA) is 82.4 Å². The Bertz CT molecular complexity index is 469. The summed E-state index contributed by atoms with van der Waals surface area (Å²) in [4.78, 5) is 14.2. The fourth-order valence-electron chi connectivity index (χ4n) is 2.88. The van der Waals surface area contributed by atoms with Gasteiger partial charge in [-0.2, -0.15) is 5.10 Å². The summed E-state index contributed by atoms with van der Waals surface area (Å²) in [5.41, 5.74) is 0. The van der Waals surface area contributed by atoms with Gasteiger partial charge < -0.3 is 15.3 Å². The highest BCUT2D eigenvalue weighted by Crippen LogP contribution is 2.10. The molecule has 7 nitrogen and oxygen atoms in total. The van der Waals surface area contributed by atoms with E-state index in [1.54, 1.807) is 16.9 Å². The van der Waals surface area contributed by atoms with Crippen molar-refractivity contribution < 1.29 is 9.90 Å². The Balaban J connectivity index is 1.69. The lowest BCUT2D eigenvalue weighted by molar-refractivity contribution is 0.115. The van der Waals surface area contributed by atoms with Crippen LogP contribution in [0.2, 0.25) is 0 Å². The van der Waals surface area contributed by atoms with Crippen molar-refractivity contribution in [1.29, 1.82) is 0 Å². The average molecular weight is 323 g/mol. The minimum atomic E-state index is -0.542. The molecular weight excluding hydrogens is 294 g/mol. The van der Waals surface area contributed by atoms with Gasteiger partial charge in [-0.1, -0.05) is 19.8 Å². The maximum atomic E-state index is 11.9. The van der Waals surface area contributed by atoms with Gasteiger partial charge in [0.1, 0.15) is 5.82 Å². The van der Waals surface area contributed by atoms with Gasteiger partial charge in [-0.25, -0.2) is 9.48 Å². The van der Waals surface area contributed by atoms with Gasteiger partial charge in [-0.05, 0) is 32.4 Å². The fourth-order valence-corrected chi connectivity index (χ4v) is 2.88. The number of aryl methyl sites for hydroxylation is 1. The van der Waals surface area contributed by atoms with Crippen molar-refractivity contribution in [3.05, 3.63) is 12.3 Å². The number of nitrogens with one attached hydrogen (secondary N) is 2. The molecule has 23 heavy (non-hydrogen) atoms. The number of aliphatic hydroxyl groups is 1. The van der Waals surface area contributed by atoms with Crippen molar-refractivity contribution in [3.63, 3.8) is 0 Å². The van der Waals surface area contributed by atoms with Crippen molar-refractivity contribution in [3.8, 4) is 0 Å². The molecule has 1 atom stereocenters. The lowest BCUT2D eigenvalue weighted by atomic mass is 10.2. The number of aromatic nitrogens is 2. The van der Waals surface area contributed by atoms with Crippen LogP contribution in [0.1, 0.15) is 39.0 Å². The van der Waals surface area contributed by atoms with E-state index < -0.39 is 6.10 Å². The van der Waals surface area contributed by atoms with Crippen LogP contribution >= 0.6 is 0 Å². The zero-order valence-electron chi connectivity index (χ0n) is 14.0. The number of rotatable bonds is 7. The van der Waals surface area contributed by atoms with E-state index in [1.807, 2.05) is 0 Å². The second kappa shape index (κ2) is 9.52. The van der Waals surface area contributed by atoms with E-state index in [4.69, 9.17) is 0 Å². The molecule has 0 bridgehead atoms. The number of nitrogens with zero attached hydrogens (tertiary/aromatic N) is 3. The Morgan fingerprint density at radius 2 is 2.09 bits per heavy atom. The monoisotopic (exact) mass is 323 g/mol. The first-order valence-corrected chi connectivity index (χ1v) is 8.66. The van der Waals surface area contributed by atoms with Crippen LogP contribution in [0.25, 0.3) is 0 Å². The molecule has 2 rings (SSSR count). The molecule has 1 saturated heterocycles. The maximum Gasteiger partial charge on any atom is 0.320 e. The third-order valence-corrected chi connectivity index (χ3v) is 4.06. The molecule has 0 radical (unpaired) electrons. The van der Waals surface area contributed by atoms with Gasteiger partial charge in [-0.15, -0.1) is 0 Å². The van der Waals surface area contributed by atoms with Gasteiger partial charge >= 0.3 is 6.03 Å². The summed E-state index contributed by atoms with van der Waals surface area (Å²) < 4.78 is 1.76. The summed E-state index contributed by atoms with van der Waals surface area (Å²) in [6, 6.07) is 1.46. The molecule has 3 N–H and O–H groups in total. The number of hydrogen-bond donors (Lipinski definition) is 3. The summed E-state index contributed by atoms with van der Waals surface area (Å²) in [5.74, 6) is 0.673. The number of urea groups is 1. The van der Waals surface area contributed by atoms with Crippen molar-refractivity contribution in [2.75, 3.05) is 31.5 Å². The Labute approximate surface area is 138 Å². The van der Waals surface area contributed by atoms with Gasteiger partial charge in [0.05, 0.1) is 12.3 Å². The van der Waals surface area contributed by atoms with Crippen molar-refractivity contribution >= 4 is 11.8 Å². The number of aliphatic hydroxyl groups excluding tert-OH is 1. The smallest absolute Gasteiger partial charge is 0.320 e. The van der Waals surface area contributed by atoms with Crippen LogP contribution in [0.4, 0.5) is 10.6 Å². The maximum absolute atomic E-state index is 11.9. The molecule has 1 fully saturated rings. The van der Waals surface area contributed by atoms with Gasteiger partial charge in [0.25, 0.3) is 0 Å². The number of β-amino-alcohol motifs (C(OH)–C–C–N with tert-alkyl or cyclic N) is 1. The van der Waals surface area contributed by atoms with E-state index in [0.29, 0.717) is 12.4 Å². The summed E-state index contributed by atoms with van der Waals surface area (Å²) in [7, 11) is 0. The molecule has 1 aliphatic heterocycles. The Hall–Kier alpha value is -1.60. The molecule has 0 saturated carbocycles. The number of hydrogen-bond acceptors (Lipinski definition) is 4. The molecule has 1 unspecified atom stereocenters. The van der Waals surface area contributed by atoms with Crippen LogP contribution in [0, 0.1) is 0 Å². The second-order valence-corrected chi connectivity index (χ2v) is 6.14. The molecule has 2 amide bonds. The number of amides is 2. The molecule has 0 aliphatic carbocycles. The van der Waals surface area contributed by atoms with Crippen LogP contribution in [-0.2, 0) is 6.54 Å². The standard InChI is InChI=1S/C16H29N5O2/c1-2-9-21-15(7-8-18-21)19-16(23)17-12-14(22)13-20-10-5-3-4-6-11-20/h7-8,14,22H,2-6,9-13H2,1H3,(H2,17,19,23). The lowest BCUT2D eigenvalue weighted by Gasteiger charge is -2.23. The van der Waals surface area contributed by atoms with E-state index in [9.17, 15) is 9.90 Å². The summed E-state index contributed by atoms with van der Waals surface area (Å²) in [6.45, 7) is 5.78. The average Bonchev–Trinajstić information content (AvgIpc) is 2.80. The zero-order chi connectivity index (χ0) is 16.5. The van der Waals surface area contributed by atoms with E-state index in [0.717, 1.165) is 26.1 Å². The number of carbonyl (C=O) groups is 1. The van der Waals surface area contributed by atoms with Gasteiger partial charge in [0.15, 0.2) is 0 Å². The van der Waals surface area contributed by atoms with Crippen molar-refractivity contribution in [2.24, 2.45) is 0 Å². The van der Waals surface area contributed by atoms with Crippen molar-refractivity contribution in [2.45, 2.75) is 51.7 Å². The second-order valence-electron chi connectivity index (χ2n) is 6.14. The Morgan fingerprint density at radius 1 is 1.35 bits per heavy atom. The Kier molecular flexibility index (Phi) is 7.35. The first-order chi connectivity index (χ1) is 11.2. The summed E-state index contributed by atoms with van der Waals surface area (Å²) in [6.07, 6.45) is 7.02. The predicted octanol–water partition coefficient (Wildman–Crippen LogP) is 1.65. The zero-order valence-corrected chi connectivity index (χ0v) is 14.0. The summed E-state index contributed by atoms with van der Waals surface area (Å²) >= 11 is 0. The van der Waals surface area contributed by atoms with Gasteiger partial charge in [-0.3, -0.25) is 5.32 Å². The molecule has 1 aromatic rings.